The average molecular weight is 452 g/mol. The molecule has 0 radical (unpaired) electrons. The van der Waals surface area contributed by atoms with Crippen molar-refractivity contribution < 1.29 is 17.6 Å². The van der Waals surface area contributed by atoms with Crippen LogP contribution in [-0.2, 0) is 28.0 Å². The van der Waals surface area contributed by atoms with Crippen LogP contribution in [0.5, 0.6) is 0 Å². The van der Waals surface area contributed by atoms with Gasteiger partial charge in [-0.15, -0.1) is 5.10 Å². The summed E-state index contributed by atoms with van der Waals surface area (Å²) in [5.41, 5.74) is 1.02. The van der Waals surface area contributed by atoms with E-state index in [1.807, 2.05) is 19.1 Å². The van der Waals surface area contributed by atoms with Gasteiger partial charge in [-0.05, 0) is 37.7 Å². The van der Waals surface area contributed by atoms with Gasteiger partial charge in [-0.3, -0.25) is 9.69 Å². The maximum absolute atomic E-state index is 12.8. The molecule has 0 spiro atoms. The Morgan fingerprint density at radius 1 is 1.10 bits per heavy atom. The SMILES string of the molecule is Cc1ccc(S(=O)(=O)N2CCN(Cn3nc(CN4CCCC4=O)oc3=S)CC2)cc1. The Hall–Kier alpha value is -2.08. The smallest absolute Gasteiger partial charge is 0.288 e. The van der Waals surface area contributed by atoms with Crippen LogP contribution in [0.15, 0.2) is 33.6 Å². The van der Waals surface area contributed by atoms with Crippen molar-refractivity contribution in [1.82, 2.24) is 23.9 Å². The predicted octanol–water partition coefficient (Wildman–Crippen LogP) is 1.60. The maximum Gasteiger partial charge on any atom is 0.288 e. The van der Waals surface area contributed by atoms with Crippen LogP contribution in [-0.4, -0.2) is 70.9 Å². The van der Waals surface area contributed by atoms with Crippen LogP contribution in [0.2, 0.25) is 0 Å². The zero-order valence-corrected chi connectivity index (χ0v) is 18.5. The Balaban J connectivity index is 1.35. The van der Waals surface area contributed by atoms with Crippen molar-refractivity contribution in [2.75, 3.05) is 32.7 Å². The number of rotatable bonds is 6. The minimum Gasteiger partial charge on any atom is -0.412 e. The number of likely N-dealkylation sites (tertiary alicyclic amines) is 1. The first-order chi connectivity index (χ1) is 14.3. The van der Waals surface area contributed by atoms with Gasteiger partial charge in [0.05, 0.1) is 18.1 Å². The molecule has 2 saturated heterocycles. The van der Waals surface area contributed by atoms with E-state index in [2.05, 4.69) is 10.00 Å². The lowest BCUT2D eigenvalue weighted by molar-refractivity contribution is -0.128. The molecule has 11 heteroatoms. The largest absolute Gasteiger partial charge is 0.412 e. The highest BCUT2D eigenvalue weighted by molar-refractivity contribution is 7.89. The molecule has 0 unspecified atom stereocenters. The third-order valence-electron chi connectivity index (χ3n) is 5.47. The summed E-state index contributed by atoms with van der Waals surface area (Å²) in [6.07, 6.45) is 1.42. The molecule has 3 heterocycles. The maximum atomic E-state index is 12.8. The molecule has 162 valence electrons. The standard InChI is InChI=1S/C19H25N5O4S2/c1-15-4-6-16(7-5-15)30(26,27)23-11-9-21(10-12-23)14-24-19(29)28-17(20-24)13-22-8-2-3-18(22)25/h4-7H,2-3,8-14H2,1H3. The van der Waals surface area contributed by atoms with E-state index in [0.29, 0.717) is 63.1 Å². The lowest BCUT2D eigenvalue weighted by atomic mass is 10.2. The number of carbonyl (C=O) groups is 1. The number of aromatic nitrogens is 2. The van der Waals surface area contributed by atoms with Crippen molar-refractivity contribution in [2.45, 2.75) is 37.9 Å². The fraction of sp³-hybridized carbons (Fsp3) is 0.526. The van der Waals surface area contributed by atoms with Crippen LogP contribution < -0.4 is 0 Å². The van der Waals surface area contributed by atoms with Gasteiger partial charge in [0.15, 0.2) is 0 Å². The van der Waals surface area contributed by atoms with E-state index in [1.54, 1.807) is 21.7 Å². The van der Waals surface area contributed by atoms with Crippen molar-refractivity contribution in [3.8, 4) is 0 Å². The summed E-state index contributed by atoms with van der Waals surface area (Å²) in [7, 11) is -3.49. The number of carbonyl (C=O) groups excluding carboxylic acids is 1. The normalized spacial score (nSPS) is 19.0. The van der Waals surface area contributed by atoms with Gasteiger partial charge in [0.25, 0.3) is 4.84 Å². The minimum absolute atomic E-state index is 0.108. The number of hydrogen-bond acceptors (Lipinski definition) is 7. The number of sulfonamides is 1. The van der Waals surface area contributed by atoms with E-state index in [0.717, 1.165) is 12.0 Å². The Morgan fingerprint density at radius 2 is 1.80 bits per heavy atom. The third kappa shape index (κ3) is 4.48. The Morgan fingerprint density at radius 3 is 2.43 bits per heavy atom. The molecule has 0 bridgehead atoms. The van der Waals surface area contributed by atoms with Crippen LogP contribution >= 0.6 is 12.2 Å². The first-order valence-electron chi connectivity index (χ1n) is 9.97. The molecule has 2 fully saturated rings. The monoisotopic (exact) mass is 451 g/mol. The highest BCUT2D eigenvalue weighted by Crippen LogP contribution is 2.19. The average Bonchev–Trinajstić information content (AvgIpc) is 3.28. The molecule has 4 rings (SSSR count). The second-order valence-electron chi connectivity index (χ2n) is 7.66. The number of aryl methyl sites for hydroxylation is 1. The van der Waals surface area contributed by atoms with Crippen molar-refractivity contribution in [1.29, 1.82) is 0 Å². The molecule has 2 aliphatic heterocycles. The fourth-order valence-electron chi connectivity index (χ4n) is 3.70. The second kappa shape index (κ2) is 8.58. The Kier molecular flexibility index (Phi) is 6.05. The molecule has 1 amide bonds. The van der Waals surface area contributed by atoms with Gasteiger partial charge in [-0.25, -0.2) is 13.1 Å². The highest BCUT2D eigenvalue weighted by Gasteiger charge is 2.29. The fourth-order valence-corrected chi connectivity index (χ4v) is 5.31. The summed E-state index contributed by atoms with van der Waals surface area (Å²) < 4.78 is 34.3. The van der Waals surface area contributed by atoms with Crippen molar-refractivity contribution >= 4 is 28.1 Å². The molecule has 0 N–H and O–H groups in total. The van der Waals surface area contributed by atoms with E-state index < -0.39 is 10.0 Å². The minimum atomic E-state index is -3.49. The van der Waals surface area contributed by atoms with Gasteiger partial charge < -0.3 is 9.32 Å². The van der Waals surface area contributed by atoms with Crippen LogP contribution in [0.25, 0.3) is 0 Å². The zero-order valence-electron chi connectivity index (χ0n) is 16.9. The van der Waals surface area contributed by atoms with Gasteiger partial charge >= 0.3 is 0 Å². The van der Waals surface area contributed by atoms with Crippen LogP contribution in [0.3, 0.4) is 0 Å². The Labute approximate surface area is 180 Å². The highest BCUT2D eigenvalue weighted by atomic mass is 32.2. The van der Waals surface area contributed by atoms with Crippen molar-refractivity contribution in [3.05, 3.63) is 40.6 Å². The van der Waals surface area contributed by atoms with E-state index in [1.165, 1.54) is 4.31 Å². The topological polar surface area (TPSA) is 91.9 Å². The molecule has 0 saturated carbocycles. The van der Waals surface area contributed by atoms with Crippen LogP contribution in [0.4, 0.5) is 0 Å². The lowest BCUT2D eigenvalue weighted by Gasteiger charge is -2.33. The third-order valence-corrected chi connectivity index (χ3v) is 7.68. The van der Waals surface area contributed by atoms with Gasteiger partial charge in [0.1, 0.15) is 0 Å². The molecule has 2 aliphatic rings. The number of nitrogens with zero attached hydrogens (tertiary/aromatic N) is 5. The van der Waals surface area contributed by atoms with E-state index in [4.69, 9.17) is 16.6 Å². The molecular formula is C19H25N5O4S2. The molecule has 0 atom stereocenters. The molecule has 0 aliphatic carbocycles. The van der Waals surface area contributed by atoms with E-state index >= 15 is 0 Å². The zero-order chi connectivity index (χ0) is 21.3. The van der Waals surface area contributed by atoms with Crippen LogP contribution in [0.1, 0.15) is 24.3 Å². The van der Waals surface area contributed by atoms with Crippen molar-refractivity contribution in [2.24, 2.45) is 0 Å². The number of hydrogen-bond donors (Lipinski definition) is 0. The summed E-state index contributed by atoms with van der Waals surface area (Å²) in [6.45, 7) is 5.34. The molecule has 2 aromatic rings. The first kappa shape index (κ1) is 21.2. The number of benzene rings is 1. The first-order valence-corrected chi connectivity index (χ1v) is 11.8. The molecule has 1 aromatic carbocycles. The summed E-state index contributed by atoms with van der Waals surface area (Å²) in [4.78, 5) is 16.2. The van der Waals surface area contributed by atoms with Crippen LogP contribution in [0, 0.1) is 11.8 Å². The number of amides is 1. The summed E-state index contributed by atoms with van der Waals surface area (Å²) >= 11 is 5.27. The summed E-state index contributed by atoms with van der Waals surface area (Å²) in [5, 5.41) is 4.40. The number of piperazine rings is 1. The molecule has 30 heavy (non-hydrogen) atoms. The molecule has 9 nitrogen and oxygen atoms in total. The van der Waals surface area contributed by atoms with Gasteiger partial charge in [0.2, 0.25) is 21.8 Å². The van der Waals surface area contributed by atoms with Gasteiger partial charge in [-0.1, -0.05) is 17.7 Å². The summed E-state index contributed by atoms with van der Waals surface area (Å²) in [5.74, 6) is 0.535. The van der Waals surface area contributed by atoms with E-state index in [9.17, 15) is 13.2 Å². The van der Waals surface area contributed by atoms with Gasteiger partial charge in [0, 0.05) is 39.1 Å². The van der Waals surface area contributed by atoms with Crippen molar-refractivity contribution in [3.63, 3.8) is 0 Å². The predicted molar refractivity (Wildman–Crippen MR) is 111 cm³/mol. The quantitative estimate of drug-likeness (QED) is 0.616. The van der Waals surface area contributed by atoms with E-state index in [-0.39, 0.29) is 10.7 Å². The Bertz CT molecular complexity index is 1070. The summed E-state index contributed by atoms with van der Waals surface area (Å²) in [6, 6.07) is 6.92. The molecular weight excluding hydrogens is 426 g/mol. The molecule has 1 aromatic heterocycles. The second-order valence-corrected chi connectivity index (χ2v) is 9.94. The lowest BCUT2D eigenvalue weighted by Crippen LogP contribution is -2.48. The van der Waals surface area contributed by atoms with Gasteiger partial charge in [-0.2, -0.15) is 4.31 Å².